The van der Waals surface area contributed by atoms with Gasteiger partial charge in [0, 0.05) is 31.8 Å². The Morgan fingerprint density at radius 2 is 1.84 bits per heavy atom. The molecule has 0 saturated heterocycles. The van der Waals surface area contributed by atoms with Crippen LogP contribution in [0.25, 0.3) is 0 Å². The molecule has 0 spiro atoms. The maximum absolute atomic E-state index is 15.3. The van der Waals surface area contributed by atoms with Gasteiger partial charge in [-0.15, -0.1) is 13.0 Å². The van der Waals surface area contributed by atoms with Gasteiger partial charge in [0.2, 0.25) is 0 Å². The van der Waals surface area contributed by atoms with Gasteiger partial charge < -0.3 is 10.6 Å². The van der Waals surface area contributed by atoms with Gasteiger partial charge in [-0.25, -0.2) is 27.3 Å². The van der Waals surface area contributed by atoms with Crippen LogP contribution in [0, 0.1) is 35.6 Å². The molecule has 13 heteroatoms. The normalized spacial score (nSPS) is 10.9. The third-order valence-corrected chi connectivity index (χ3v) is 6.18. The van der Waals surface area contributed by atoms with Gasteiger partial charge in [0.1, 0.15) is 5.82 Å². The van der Waals surface area contributed by atoms with Gasteiger partial charge in [-0.3, -0.25) is 9.52 Å². The summed E-state index contributed by atoms with van der Waals surface area (Å²) >= 11 is 0. The van der Waals surface area contributed by atoms with E-state index in [1.54, 1.807) is 0 Å². The minimum atomic E-state index is -4.12. The number of carbonyl (C=O) groups excluding carboxylic acids is 1. The summed E-state index contributed by atoms with van der Waals surface area (Å²) < 4.78 is 87.2. The van der Waals surface area contributed by atoms with Crippen LogP contribution >= 0.6 is 0 Å². The Balaban J connectivity index is 2.09. The van der Waals surface area contributed by atoms with Crippen molar-refractivity contribution in [2.45, 2.75) is 6.42 Å². The van der Waals surface area contributed by atoms with Crippen LogP contribution in [0.2, 0.25) is 0 Å². The van der Waals surface area contributed by atoms with Gasteiger partial charge in [0.25, 0.3) is 16.1 Å². The topological polar surface area (TPSA) is 112 Å². The van der Waals surface area contributed by atoms with E-state index in [4.69, 9.17) is 6.42 Å². The number of aromatic nitrogens is 1. The first-order chi connectivity index (χ1) is 18.0. The lowest BCUT2D eigenvalue weighted by Crippen LogP contribution is -2.27. The predicted octanol–water partition coefficient (Wildman–Crippen LogP) is 3.75. The fourth-order valence-electron chi connectivity index (χ4n) is 3.28. The molecule has 0 radical (unpaired) electrons. The molecule has 3 rings (SSSR count). The standard InChI is InChI=1S/C25H21F4N5O3S/c1-4-9-32-25(35)17-13-16(12-15-8-10-31-24(21(15)28)34-38(36,37)30-3)20(27)22(29)23(17)33-19-7-6-14(5-2)11-18(19)26/h2,4,6-8,10-11,13,30,33H,1,9,12H2,3H3,(H,31,34)(H,32,35). The lowest BCUT2D eigenvalue weighted by Gasteiger charge is -2.17. The average Bonchev–Trinajstić information content (AvgIpc) is 2.89. The Kier molecular flexibility index (Phi) is 8.72. The van der Waals surface area contributed by atoms with Gasteiger partial charge in [0.15, 0.2) is 23.3 Å². The molecule has 0 aliphatic carbocycles. The lowest BCUT2D eigenvalue weighted by atomic mass is 9.99. The molecule has 3 aromatic rings. The fourth-order valence-corrected chi connectivity index (χ4v) is 3.78. The Labute approximate surface area is 216 Å². The van der Waals surface area contributed by atoms with E-state index in [9.17, 15) is 22.0 Å². The highest BCUT2D eigenvalue weighted by atomic mass is 32.2. The van der Waals surface area contributed by atoms with Crippen LogP contribution in [0.1, 0.15) is 27.0 Å². The summed E-state index contributed by atoms with van der Waals surface area (Å²) in [4.78, 5) is 16.4. The molecule has 8 nitrogen and oxygen atoms in total. The zero-order chi connectivity index (χ0) is 28.0. The first-order valence-corrected chi connectivity index (χ1v) is 12.3. The maximum atomic E-state index is 15.3. The van der Waals surface area contributed by atoms with Crippen LogP contribution in [-0.4, -0.2) is 32.9 Å². The summed E-state index contributed by atoms with van der Waals surface area (Å²) in [6, 6.07) is 5.66. The van der Waals surface area contributed by atoms with Crippen molar-refractivity contribution in [1.82, 2.24) is 15.0 Å². The van der Waals surface area contributed by atoms with Gasteiger partial charge in [0.05, 0.1) is 16.9 Å². The molecular weight excluding hydrogens is 526 g/mol. The fraction of sp³-hybridized carbons (Fsp3) is 0.120. The van der Waals surface area contributed by atoms with Crippen molar-refractivity contribution < 1.29 is 30.8 Å². The Morgan fingerprint density at radius 3 is 2.47 bits per heavy atom. The number of halogens is 4. The zero-order valence-corrected chi connectivity index (χ0v) is 20.6. The molecule has 4 N–H and O–H groups in total. The Hall–Kier alpha value is -4.41. The van der Waals surface area contributed by atoms with Crippen molar-refractivity contribution >= 4 is 33.3 Å². The summed E-state index contributed by atoms with van der Waals surface area (Å²) in [6.07, 6.45) is 7.07. The second-order valence-corrected chi connectivity index (χ2v) is 9.29. The minimum absolute atomic E-state index is 0.0220. The monoisotopic (exact) mass is 547 g/mol. The first-order valence-electron chi connectivity index (χ1n) is 10.8. The second kappa shape index (κ2) is 11.8. The van der Waals surface area contributed by atoms with Crippen molar-refractivity contribution in [1.29, 1.82) is 0 Å². The highest BCUT2D eigenvalue weighted by Crippen LogP contribution is 2.32. The molecule has 1 heterocycles. The minimum Gasteiger partial charge on any atom is -0.350 e. The number of nitrogens with zero attached hydrogens (tertiary/aromatic N) is 1. The van der Waals surface area contributed by atoms with Crippen LogP contribution in [0.5, 0.6) is 0 Å². The number of rotatable bonds is 10. The number of benzene rings is 2. The Bertz CT molecular complexity index is 1560. The molecule has 198 valence electrons. The van der Waals surface area contributed by atoms with Gasteiger partial charge in [-0.2, -0.15) is 8.42 Å². The third kappa shape index (κ3) is 6.28. The van der Waals surface area contributed by atoms with Crippen LogP contribution in [-0.2, 0) is 16.6 Å². The van der Waals surface area contributed by atoms with Crippen molar-refractivity contribution in [3.05, 3.63) is 94.7 Å². The van der Waals surface area contributed by atoms with Crippen LogP contribution in [0.3, 0.4) is 0 Å². The summed E-state index contributed by atoms with van der Waals surface area (Å²) in [7, 11) is -3.03. The predicted molar refractivity (Wildman–Crippen MR) is 135 cm³/mol. The summed E-state index contributed by atoms with van der Waals surface area (Å²) in [5.74, 6) is -4.28. The summed E-state index contributed by atoms with van der Waals surface area (Å²) in [5, 5.41) is 4.81. The van der Waals surface area contributed by atoms with E-state index in [-0.39, 0.29) is 23.4 Å². The van der Waals surface area contributed by atoms with Crippen molar-refractivity contribution in [2.24, 2.45) is 0 Å². The highest BCUT2D eigenvalue weighted by Gasteiger charge is 2.25. The summed E-state index contributed by atoms with van der Waals surface area (Å²) in [6.45, 7) is 3.45. The Morgan fingerprint density at radius 1 is 1.11 bits per heavy atom. The molecule has 0 aliphatic heterocycles. The molecular formula is C25H21F4N5O3S. The van der Waals surface area contributed by atoms with E-state index in [0.717, 1.165) is 31.4 Å². The van der Waals surface area contributed by atoms with Gasteiger partial charge in [-0.05, 0) is 41.5 Å². The van der Waals surface area contributed by atoms with E-state index in [1.807, 2.05) is 9.44 Å². The second-order valence-electron chi connectivity index (χ2n) is 7.67. The zero-order valence-electron chi connectivity index (χ0n) is 19.8. The van der Waals surface area contributed by atoms with E-state index in [1.165, 1.54) is 18.2 Å². The van der Waals surface area contributed by atoms with E-state index < -0.39 is 68.4 Å². The number of nitrogens with one attached hydrogen (secondary N) is 4. The van der Waals surface area contributed by atoms with Crippen molar-refractivity contribution in [3.63, 3.8) is 0 Å². The number of hydrogen-bond acceptors (Lipinski definition) is 5. The molecule has 0 unspecified atom stereocenters. The molecule has 1 amide bonds. The largest absolute Gasteiger partial charge is 0.350 e. The molecule has 1 aromatic heterocycles. The van der Waals surface area contributed by atoms with Gasteiger partial charge in [-0.1, -0.05) is 12.0 Å². The molecule has 0 bridgehead atoms. The highest BCUT2D eigenvalue weighted by molar-refractivity contribution is 7.90. The smallest absolute Gasteiger partial charge is 0.300 e. The summed E-state index contributed by atoms with van der Waals surface area (Å²) in [5.41, 5.74) is -1.84. The van der Waals surface area contributed by atoms with Crippen molar-refractivity contribution in [2.75, 3.05) is 23.6 Å². The van der Waals surface area contributed by atoms with Crippen molar-refractivity contribution in [3.8, 4) is 12.3 Å². The number of carbonyl (C=O) groups is 1. The SMILES string of the molecule is C#Cc1ccc(Nc2c(C(=O)NCC=C)cc(Cc3ccnc(NS(=O)(=O)NC)c3F)c(F)c2F)c(F)c1. The number of hydrogen-bond donors (Lipinski definition) is 4. The number of anilines is 3. The molecule has 0 aliphatic rings. The number of amides is 1. The molecule has 0 fully saturated rings. The van der Waals surface area contributed by atoms with E-state index >= 15 is 8.78 Å². The quantitative estimate of drug-likeness (QED) is 0.176. The van der Waals surface area contributed by atoms with Crippen LogP contribution in [0.15, 0.2) is 49.2 Å². The van der Waals surface area contributed by atoms with Crippen LogP contribution < -0.4 is 20.1 Å². The van der Waals surface area contributed by atoms with E-state index in [2.05, 4.69) is 28.1 Å². The third-order valence-electron chi connectivity index (χ3n) is 5.18. The molecule has 0 saturated carbocycles. The maximum Gasteiger partial charge on any atom is 0.300 e. The van der Waals surface area contributed by atoms with Crippen LogP contribution in [0.4, 0.5) is 34.8 Å². The number of pyridine rings is 1. The molecule has 38 heavy (non-hydrogen) atoms. The lowest BCUT2D eigenvalue weighted by molar-refractivity contribution is 0.0958. The van der Waals surface area contributed by atoms with E-state index in [0.29, 0.717) is 0 Å². The molecule has 2 aromatic carbocycles. The first kappa shape index (κ1) is 28.2. The van der Waals surface area contributed by atoms with Gasteiger partial charge >= 0.3 is 0 Å². The number of terminal acetylenes is 1. The molecule has 0 atom stereocenters. The average molecular weight is 548 g/mol.